The van der Waals surface area contributed by atoms with Gasteiger partial charge in [0.1, 0.15) is 0 Å². The molecule has 0 radical (unpaired) electrons. The highest BCUT2D eigenvalue weighted by Crippen LogP contribution is 2.33. The quantitative estimate of drug-likeness (QED) is 0.547. The number of benzene rings is 1. The van der Waals surface area contributed by atoms with Gasteiger partial charge in [-0.25, -0.2) is 0 Å². The Morgan fingerprint density at radius 3 is 2.30 bits per heavy atom. The van der Waals surface area contributed by atoms with Gasteiger partial charge in [-0.3, -0.25) is 0 Å². The Kier molecular flexibility index (Phi) is 2.45. The van der Waals surface area contributed by atoms with E-state index in [1.165, 1.54) is 0 Å². The minimum Gasteiger partial charge on any atom is -0.397 e. The molecule has 0 unspecified atom stereocenters. The van der Waals surface area contributed by atoms with Gasteiger partial charge >= 0.3 is 0 Å². The first-order valence-electron chi connectivity index (χ1n) is 2.52. The summed E-state index contributed by atoms with van der Waals surface area (Å²) in [5.74, 6) is 0. The number of anilines is 1. The highest BCUT2D eigenvalue weighted by Gasteiger charge is 2.04. The third-order valence-electron chi connectivity index (χ3n) is 1.07. The summed E-state index contributed by atoms with van der Waals surface area (Å²) in [6, 6.07) is 3.45. The predicted molar refractivity (Wildman–Crippen MR) is 48.6 cm³/mol. The summed E-state index contributed by atoms with van der Waals surface area (Å²) >= 11 is 14.6. The maximum Gasteiger partial charge on any atom is 0.0833 e. The zero-order chi connectivity index (χ0) is 7.72. The summed E-state index contributed by atoms with van der Waals surface area (Å²) in [7, 11) is 0. The van der Waals surface area contributed by atoms with E-state index in [4.69, 9.17) is 28.9 Å². The Bertz CT molecular complexity index is 235. The minimum atomic E-state index is 0.399. The first-order valence-corrected chi connectivity index (χ1v) is 4.07. The molecular weight excluding hydrogens is 237 g/mol. The summed E-state index contributed by atoms with van der Waals surface area (Å²) in [6.45, 7) is 0. The van der Waals surface area contributed by atoms with Crippen LogP contribution >= 0.6 is 39.1 Å². The molecule has 0 saturated carbocycles. The van der Waals surface area contributed by atoms with Crippen LogP contribution in [-0.2, 0) is 0 Å². The average Bonchev–Trinajstić information content (AvgIpc) is 1.93. The summed E-state index contributed by atoms with van der Waals surface area (Å²) in [5.41, 5.74) is 5.95. The molecule has 10 heavy (non-hydrogen) atoms. The van der Waals surface area contributed by atoms with Gasteiger partial charge in [0.2, 0.25) is 0 Å². The van der Waals surface area contributed by atoms with Gasteiger partial charge in [-0.2, -0.15) is 0 Å². The van der Waals surface area contributed by atoms with E-state index < -0.39 is 0 Å². The number of nitrogen functional groups attached to an aromatic ring is 1. The molecule has 0 aromatic heterocycles. The van der Waals surface area contributed by atoms with Crippen molar-refractivity contribution in [3.05, 3.63) is 26.7 Å². The van der Waals surface area contributed by atoms with Gasteiger partial charge in [-0.1, -0.05) is 23.2 Å². The van der Waals surface area contributed by atoms with Crippen LogP contribution in [0.2, 0.25) is 10.0 Å². The fourth-order valence-electron chi connectivity index (χ4n) is 0.541. The summed E-state index contributed by atoms with van der Waals surface area (Å²) in [5, 5.41) is 0.859. The number of hydrogen-bond donors (Lipinski definition) is 1. The fraction of sp³-hybridized carbons (Fsp3) is 0. The SMILES string of the molecule is Nc1ccc(Br)c(Cl)c1Cl. The molecule has 0 fully saturated rings. The molecule has 1 aromatic carbocycles. The van der Waals surface area contributed by atoms with Crippen molar-refractivity contribution in [2.45, 2.75) is 0 Å². The minimum absolute atomic E-state index is 0.399. The summed E-state index contributed by atoms with van der Waals surface area (Å²) in [6.07, 6.45) is 0. The number of nitrogens with two attached hydrogens (primary N) is 1. The largest absolute Gasteiger partial charge is 0.397 e. The van der Waals surface area contributed by atoms with Crippen molar-refractivity contribution in [1.29, 1.82) is 0 Å². The predicted octanol–water partition coefficient (Wildman–Crippen LogP) is 3.34. The molecule has 0 aliphatic heterocycles. The van der Waals surface area contributed by atoms with Crippen molar-refractivity contribution in [2.75, 3.05) is 5.73 Å². The van der Waals surface area contributed by atoms with Crippen LogP contribution in [0, 0.1) is 0 Å². The molecule has 0 heterocycles. The second-order valence-electron chi connectivity index (χ2n) is 1.76. The molecule has 4 heteroatoms. The lowest BCUT2D eigenvalue weighted by Crippen LogP contribution is -1.85. The lowest BCUT2D eigenvalue weighted by molar-refractivity contribution is 1.63. The zero-order valence-electron chi connectivity index (χ0n) is 4.87. The van der Waals surface area contributed by atoms with Crippen LogP contribution in [0.1, 0.15) is 0 Å². The van der Waals surface area contributed by atoms with E-state index in [2.05, 4.69) is 15.9 Å². The van der Waals surface area contributed by atoms with E-state index >= 15 is 0 Å². The molecular formula is C6H4BrCl2N. The Balaban J connectivity index is 3.34. The standard InChI is InChI=1S/C6H4BrCl2N/c7-3-1-2-4(10)6(9)5(3)8/h1-2H,10H2. The average molecular weight is 241 g/mol. The maximum absolute atomic E-state index is 5.72. The number of halogens is 3. The van der Waals surface area contributed by atoms with Crippen molar-refractivity contribution in [3.8, 4) is 0 Å². The third kappa shape index (κ3) is 1.39. The molecule has 0 bridgehead atoms. The Morgan fingerprint density at radius 1 is 1.20 bits per heavy atom. The van der Waals surface area contributed by atoms with E-state index in [9.17, 15) is 0 Å². The third-order valence-corrected chi connectivity index (χ3v) is 2.85. The van der Waals surface area contributed by atoms with Crippen molar-refractivity contribution < 1.29 is 0 Å². The highest BCUT2D eigenvalue weighted by atomic mass is 79.9. The summed E-state index contributed by atoms with van der Waals surface area (Å²) in [4.78, 5) is 0. The van der Waals surface area contributed by atoms with E-state index in [0.717, 1.165) is 4.47 Å². The topological polar surface area (TPSA) is 26.0 Å². The number of hydrogen-bond acceptors (Lipinski definition) is 1. The maximum atomic E-state index is 5.72. The van der Waals surface area contributed by atoms with Gasteiger partial charge in [-0.15, -0.1) is 0 Å². The molecule has 1 rings (SSSR count). The second-order valence-corrected chi connectivity index (χ2v) is 3.37. The van der Waals surface area contributed by atoms with E-state index in [1.54, 1.807) is 12.1 Å². The van der Waals surface area contributed by atoms with Crippen LogP contribution in [0.5, 0.6) is 0 Å². The molecule has 0 aliphatic carbocycles. The smallest absolute Gasteiger partial charge is 0.0833 e. The molecule has 54 valence electrons. The van der Waals surface area contributed by atoms with Crippen molar-refractivity contribution in [3.63, 3.8) is 0 Å². The monoisotopic (exact) mass is 239 g/mol. The number of rotatable bonds is 0. The van der Waals surface area contributed by atoms with Gasteiger partial charge < -0.3 is 5.73 Å². The Morgan fingerprint density at radius 2 is 1.80 bits per heavy atom. The van der Waals surface area contributed by atoms with Gasteiger partial charge in [0.05, 0.1) is 15.7 Å². The van der Waals surface area contributed by atoms with Crippen molar-refractivity contribution in [2.24, 2.45) is 0 Å². The molecule has 0 spiro atoms. The van der Waals surface area contributed by atoms with Gasteiger partial charge in [0, 0.05) is 4.47 Å². The van der Waals surface area contributed by atoms with Crippen molar-refractivity contribution in [1.82, 2.24) is 0 Å². The van der Waals surface area contributed by atoms with Gasteiger partial charge in [0.25, 0.3) is 0 Å². The van der Waals surface area contributed by atoms with E-state index in [-0.39, 0.29) is 0 Å². The van der Waals surface area contributed by atoms with Gasteiger partial charge in [0.15, 0.2) is 0 Å². The molecule has 2 N–H and O–H groups in total. The lowest BCUT2D eigenvalue weighted by atomic mass is 10.3. The van der Waals surface area contributed by atoms with Crippen LogP contribution in [0.3, 0.4) is 0 Å². The molecule has 0 saturated heterocycles. The van der Waals surface area contributed by atoms with E-state index in [0.29, 0.717) is 15.7 Å². The van der Waals surface area contributed by atoms with Crippen LogP contribution < -0.4 is 5.73 Å². The molecule has 0 aliphatic rings. The van der Waals surface area contributed by atoms with Crippen LogP contribution in [0.4, 0.5) is 5.69 Å². The first-order chi connectivity index (χ1) is 4.63. The normalized spacial score (nSPS) is 9.90. The second kappa shape index (κ2) is 2.99. The lowest BCUT2D eigenvalue weighted by Gasteiger charge is -2.00. The highest BCUT2D eigenvalue weighted by molar-refractivity contribution is 9.10. The first kappa shape index (κ1) is 8.18. The molecule has 0 atom stereocenters. The van der Waals surface area contributed by atoms with E-state index in [1.807, 2.05) is 0 Å². The fourth-order valence-corrected chi connectivity index (χ4v) is 1.32. The van der Waals surface area contributed by atoms with Crippen LogP contribution in [0.15, 0.2) is 16.6 Å². The Labute approximate surface area is 77.2 Å². The molecule has 1 nitrogen and oxygen atoms in total. The molecule has 0 amide bonds. The summed E-state index contributed by atoms with van der Waals surface area (Å²) < 4.78 is 0.758. The Hall–Kier alpha value is 0.0800. The van der Waals surface area contributed by atoms with Crippen molar-refractivity contribution >= 4 is 44.8 Å². The molecule has 1 aromatic rings. The van der Waals surface area contributed by atoms with Crippen LogP contribution in [0.25, 0.3) is 0 Å². The van der Waals surface area contributed by atoms with Gasteiger partial charge in [-0.05, 0) is 28.1 Å². The van der Waals surface area contributed by atoms with Crippen LogP contribution in [-0.4, -0.2) is 0 Å². The zero-order valence-corrected chi connectivity index (χ0v) is 7.96.